The highest BCUT2D eigenvalue weighted by Crippen LogP contribution is 2.25. The van der Waals surface area contributed by atoms with Crippen LogP contribution in [0.5, 0.6) is 0 Å². The summed E-state index contributed by atoms with van der Waals surface area (Å²) in [6, 6.07) is 14.2. The molecule has 3 aromatic heterocycles. The molecule has 0 unspecified atom stereocenters. The summed E-state index contributed by atoms with van der Waals surface area (Å²) < 4.78 is 3.26. The first kappa shape index (κ1) is 12.3. The van der Waals surface area contributed by atoms with E-state index in [-0.39, 0.29) is 0 Å². The van der Waals surface area contributed by atoms with Gasteiger partial charge in [-0.15, -0.1) is 0 Å². The first-order chi connectivity index (χ1) is 10.4. The molecule has 0 bridgehead atoms. The van der Waals surface area contributed by atoms with E-state index in [0.717, 1.165) is 35.0 Å². The van der Waals surface area contributed by atoms with E-state index in [2.05, 4.69) is 27.5 Å². The third-order valence-electron chi connectivity index (χ3n) is 3.37. The van der Waals surface area contributed by atoms with Crippen LogP contribution in [0.4, 0.5) is 5.13 Å². The minimum Gasteiger partial charge on any atom is -0.361 e. The van der Waals surface area contributed by atoms with Gasteiger partial charge in [0.25, 0.3) is 0 Å². The van der Waals surface area contributed by atoms with Crippen molar-refractivity contribution >= 4 is 32.3 Å². The van der Waals surface area contributed by atoms with Crippen LogP contribution < -0.4 is 5.32 Å². The number of rotatable bonds is 4. The van der Waals surface area contributed by atoms with Crippen LogP contribution in [0.1, 0.15) is 5.69 Å². The molecule has 0 spiro atoms. The number of hydrogen-bond acceptors (Lipinski definition) is 4. The Labute approximate surface area is 126 Å². The van der Waals surface area contributed by atoms with Gasteiger partial charge in [-0.1, -0.05) is 29.5 Å². The van der Waals surface area contributed by atoms with Gasteiger partial charge in [0, 0.05) is 25.4 Å². The largest absolute Gasteiger partial charge is 0.361 e. The second-order valence-electron chi connectivity index (χ2n) is 4.86. The third kappa shape index (κ3) is 2.48. The van der Waals surface area contributed by atoms with E-state index in [1.807, 2.05) is 47.0 Å². The number of fused-ring (bicyclic) bond motifs is 2. The summed E-state index contributed by atoms with van der Waals surface area (Å²) in [5, 5.41) is 4.36. The molecule has 5 heteroatoms. The zero-order chi connectivity index (χ0) is 14.1. The van der Waals surface area contributed by atoms with Crippen LogP contribution >= 0.6 is 11.3 Å². The Balaban J connectivity index is 1.44. The average molecular weight is 294 g/mol. The van der Waals surface area contributed by atoms with E-state index in [0.29, 0.717) is 0 Å². The molecule has 0 aliphatic carbocycles. The van der Waals surface area contributed by atoms with Gasteiger partial charge in [-0.3, -0.25) is 0 Å². The third-order valence-corrected chi connectivity index (χ3v) is 4.36. The number of nitrogens with one attached hydrogen (secondary N) is 1. The fraction of sp³-hybridized carbons (Fsp3) is 0.125. The van der Waals surface area contributed by atoms with Crippen molar-refractivity contribution in [1.29, 1.82) is 0 Å². The normalized spacial score (nSPS) is 11.2. The molecule has 0 aliphatic heterocycles. The van der Waals surface area contributed by atoms with Crippen LogP contribution in [0.25, 0.3) is 15.9 Å². The van der Waals surface area contributed by atoms with E-state index in [1.165, 1.54) is 4.70 Å². The second kappa shape index (κ2) is 5.18. The predicted octanol–water partition coefficient (Wildman–Crippen LogP) is 3.60. The number of hydrogen-bond donors (Lipinski definition) is 1. The molecule has 0 radical (unpaired) electrons. The lowest BCUT2D eigenvalue weighted by molar-refractivity contribution is 0.977. The summed E-state index contributed by atoms with van der Waals surface area (Å²) in [6.45, 7) is 0.837. The summed E-state index contributed by atoms with van der Waals surface area (Å²) in [6.07, 6.45) is 4.99. The van der Waals surface area contributed by atoms with Crippen molar-refractivity contribution in [2.24, 2.45) is 0 Å². The summed E-state index contributed by atoms with van der Waals surface area (Å²) in [7, 11) is 0. The molecule has 0 aliphatic rings. The number of para-hydroxylation sites is 1. The number of benzene rings is 1. The van der Waals surface area contributed by atoms with Crippen molar-refractivity contribution in [3.63, 3.8) is 0 Å². The maximum absolute atomic E-state index is 4.59. The number of thiazole rings is 1. The molecule has 21 heavy (non-hydrogen) atoms. The van der Waals surface area contributed by atoms with Crippen molar-refractivity contribution < 1.29 is 0 Å². The molecular formula is C16H14N4S. The zero-order valence-electron chi connectivity index (χ0n) is 11.4. The molecule has 4 nitrogen and oxygen atoms in total. The molecule has 0 atom stereocenters. The van der Waals surface area contributed by atoms with E-state index < -0.39 is 0 Å². The van der Waals surface area contributed by atoms with Crippen molar-refractivity contribution in [2.75, 3.05) is 11.9 Å². The van der Waals surface area contributed by atoms with Crippen LogP contribution in [-0.4, -0.2) is 20.9 Å². The molecule has 0 amide bonds. The van der Waals surface area contributed by atoms with Gasteiger partial charge in [0.05, 0.1) is 15.9 Å². The van der Waals surface area contributed by atoms with E-state index in [4.69, 9.17) is 0 Å². The SMILES string of the molecule is c1ccc2sc(NCCc3cn4ccccc4n3)nc2c1. The molecule has 1 N–H and O–H groups in total. The minimum atomic E-state index is 0.837. The molecule has 0 saturated carbocycles. The van der Waals surface area contributed by atoms with Crippen LogP contribution in [0.15, 0.2) is 54.9 Å². The fourth-order valence-corrected chi connectivity index (χ4v) is 3.24. The topological polar surface area (TPSA) is 42.2 Å². The van der Waals surface area contributed by atoms with Gasteiger partial charge in [-0.25, -0.2) is 9.97 Å². The van der Waals surface area contributed by atoms with Crippen molar-refractivity contribution in [3.8, 4) is 0 Å². The maximum atomic E-state index is 4.59. The van der Waals surface area contributed by atoms with Gasteiger partial charge in [0.1, 0.15) is 5.65 Å². The second-order valence-corrected chi connectivity index (χ2v) is 5.89. The van der Waals surface area contributed by atoms with E-state index in [9.17, 15) is 0 Å². The highest BCUT2D eigenvalue weighted by molar-refractivity contribution is 7.22. The predicted molar refractivity (Wildman–Crippen MR) is 87.0 cm³/mol. The highest BCUT2D eigenvalue weighted by Gasteiger charge is 2.04. The Bertz CT molecular complexity index is 753. The molecule has 104 valence electrons. The first-order valence-electron chi connectivity index (χ1n) is 6.90. The summed E-state index contributed by atoms with van der Waals surface area (Å²) in [4.78, 5) is 9.16. The number of anilines is 1. The van der Waals surface area contributed by atoms with E-state index >= 15 is 0 Å². The summed E-state index contributed by atoms with van der Waals surface area (Å²) in [5.74, 6) is 0. The van der Waals surface area contributed by atoms with Crippen LogP contribution in [0.2, 0.25) is 0 Å². The monoisotopic (exact) mass is 294 g/mol. The molecule has 0 fully saturated rings. The molecule has 4 rings (SSSR count). The Hall–Kier alpha value is -2.40. The fourth-order valence-electron chi connectivity index (χ4n) is 2.35. The zero-order valence-corrected chi connectivity index (χ0v) is 12.2. The molecule has 1 aromatic carbocycles. The summed E-state index contributed by atoms with van der Waals surface area (Å²) >= 11 is 1.69. The number of nitrogens with zero attached hydrogens (tertiary/aromatic N) is 3. The van der Waals surface area contributed by atoms with Crippen molar-refractivity contribution in [3.05, 3.63) is 60.6 Å². The summed E-state index contributed by atoms with van der Waals surface area (Å²) in [5.41, 5.74) is 3.14. The van der Waals surface area contributed by atoms with Crippen LogP contribution in [0, 0.1) is 0 Å². The Morgan fingerprint density at radius 2 is 1.95 bits per heavy atom. The number of aromatic nitrogens is 3. The minimum absolute atomic E-state index is 0.837. The number of imidazole rings is 1. The Morgan fingerprint density at radius 3 is 2.86 bits per heavy atom. The molecule has 4 aromatic rings. The van der Waals surface area contributed by atoms with Crippen LogP contribution in [-0.2, 0) is 6.42 Å². The lowest BCUT2D eigenvalue weighted by Crippen LogP contribution is -2.04. The molecule has 3 heterocycles. The van der Waals surface area contributed by atoms with Gasteiger partial charge in [-0.2, -0.15) is 0 Å². The van der Waals surface area contributed by atoms with Crippen LogP contribution in [0.3, 0.4) is 0 Å². The van der Waals surface area contributed by atoms with Gasteiger partial charge in [0.15, 0.2) is 5.13 Å². The molecular weight excluding hydrogens is 280 g/mol. The first-order valence-corrected chi connectivity index (χ1v) is 7.72. The molecule has 0 saturated heterocycles. The van der Waals surface area contributed by atoms with Gasteiger partial charge >= 0.3 is 0 Å². The van der Waals surface area contributed by atoms with Crippen molar-refractivity contribution in [2.45, 2.75) is 6.42 Å². The highest BCUT2D eigenvalue weighted by atomic mass is 32.1. The number of pyridine rings is 1. The quantitative estimate of drug-likeness (QED) is 0.625. The average Bonchev–Trinajstić information content (AvgIpc) is 3.09. The lowest BCUT2D eigenvalue weighted by Gasteiger charge is -1.99. The lowest BCUT2D eigenvalue weighted by atomic mass is 10.3. The maximum Gasteiger partial charge on any atom is 0.183 e. The van der Waals surface area contributed by atoms with E-state index in [1.54, 1.807) is 11.3 Å². The van der Waals surface area contributed by atoms with Gasteiger partial charge in [-0.05, 0) is 24.3 Å². The smallest absolute Gasteiger partial charge is 0.183 e. The van der Waals surface area contributed by atoms with Gasteiger partial charge in [0.2, 0.25) is 0 Å². The Morgan fingerprint density at radius 1 is 1.05 bits per heavy atom. The Kier molecular flexibility index (Phi) is 3.05. The van der Waals surface area contributed by atoms with Crippen molar-refractivity contribution in [1.82, 2.24) is 14.4 Å². The van der Waals surface area contributed by atoms with Gasteiger partial charge < -0.3 is 9.72 Å². The standard InChI is InChI=1S/C16H14N4S/c1-2-6-14-13(5-1)19-16(21-14)17-9-8-12-11-20-10-4-3-7-15(20)18-12/h1-7,10-11H,8-9H2,(H,17,19).